The number of benzene rings is 1. The maximum atomic E-state index is 11.7. The Bertz CT molecular complexity index is 728. The number of aryl methyl sites for hydroxylation is 1. The lowest BCUT2D eigenvalue weighted by molar-refractivity contribution is 0.372. The average molecular weight is 330 g/mol. The monoisotopic (exact) mass is 329 g/mol. The minimum Gasteiger partial charge on any atom is -0.339 e. The van der Waals surface area contributed by atoms with E-state index in [1.54, 1.807) is 25.1 Å². The van der Waals surface area contributed by atoms with Crippen LogP contribution in [0.3, 0.4) is 0 Å². The third-order valence-electron chi connectivity index (χ3n) is 2.86. The number of hydrogen-bond acceptors (Lipinski definition) is 6. The zero-order chi connectivity index (χ0) is 15.5. The van der Waals surface area contributed by atoms with Crippen LogP contribution in [0.2, 0.25) is 5.02 Å². The highest BCUT2D eigenvalue weighted by atomic mass is 35.5. The summed E-state index contributed by atoms with van der Waals surface area (Å²) in [7, 11) is -3.31. The van der Waals surface area contributed by atoms with Gasteiger partial charge < -0.3 is 9.84 Å². The van der Waals surface area contributed by atoms with Crippen LogP contribution in [-0.2, 0) is 22.8 Å². The molecule has 0 spiro atoms. The van der Waals surface area contributed by atoms with Crippen LogP contribution in [0.15, 0.2) is 27.6 Å². The van der Waals surface area contributed by atoms with E-state index in [4.69, 9.17) is 16.1 Å². The number of hydrogen-bond donors (Lipinski definition) is 1. The minimum atomic E-state index is -3.31. The van der Waals surface area contributed by atoms with E-state index in [9.17, 15) is 8.42 Å². The van der Waals surface area contributed by atoms with Crippen LogP contribution in [0.1, 0.15) is 17.3 Å². The zero-order valence-electron chi connectivity index (χ0n) is 11.8. The summed E-state index contributed by atoms with van der Waals surface area (Å²) < 4.78 is 28.5. The highest BCUT2D eigenvalue weighted by Crippen LogP contribution is 2.23. The molecule has 0 unspecified atom stereocenters. The quantitative estimate of drug-likeness (QED) is 0.813. The van der Waals surface area contributed by atoms with Crippen molar-refractivity contribution >= 4 is 21.4 Å². The van der Waals surface area contributed by atoms with Crippen molar-refractivity contribution in [3.05, 3.63) is 40.5 Å². The van der Waals surface area contributed by atoms with Gasteiger partial charge in [0.25, 0.3) is 0 Å². The van der Waals surface area contributed by atoms with Crippen molar-refractivity contribution in [2.45, 2.75) is 24.8 Å². The Kier molecular flexibility index (Phi) is 4.97. The van der Waals surface area contributed by atoms with Gasteiger partial charge in [0, 0.05) is 36.4 Å². The summed E-state index contributed by atoms with van der Waals surface area (Å²) in [5, 5.41) is 7.27. The van der Waals surface area contributed by atoms with Gasteiger partial charge >= 0.3 is 0 Å². The number of nitrogens with one attached hydrogen (secondary N) is 1. The summed E-state index contributed by atoms with van der Waals surface area (Å²) >= 11 is 6.09. The summed E-state index contributed by atoms with van der Waals surface area (Å²) in [5.74, 6) is 1.14. The molecule has 0 aliphatic heterocycles. The van der Waals surface area contributed by atoms with Crippen LogP contribution in [0.4, 0.5) is 0 Å². The predicted octanol–water partition coefficient (Wildman–Crippen LogP) is 1.77. The zero-order valence-corrected chi connectivity index (χ0v) is 13.3. The number of nitrogens with zero attached hydrogens (tertiary/aromatic N) is 2. The molecule has 0 bridgehead atoms. The molecule has 0 aliphatic rings. The Labute approximate surface area is 128 Å². The van der Waals surface area contributed by atoms with Gasteiger partial charge in [-0.15, -0.1) is 0 Å². The smallest absolute Gasteiger partial charge is 0.227 e. The molecule has 1 aromatic heterocycles. The fourth-order valence-electron chi connectivity index (χ4n) is 1.91. The molecule has 6 nitrogen and oxygen atoms in total. The Morgan fingerprint density at radius 3 is 2.76 bits per heavy atom. The Morgan fingerprint density at radius 1 is 1.38 bits per heavy atom. The van der Waals surface area contributed by atoms with Crippen LogP contribution < -0.4 is 5.32 Å². The van der Waals surface area contributed by atoms with Crippen LogP contribution in [0.5, 0.6) is 0 Å². The number of aromatic nitrogens is 2. The summed E-state index contributed by atoms with van der Waals surface area (Å²) in [6.45, 7) is 2.69. The van der Waals surface area contributed by atoms with Crippen molar-refractivity contribution in [2.75, 3.05) is 12.8 Å². The second-order valence-corrected chi connectivity index (χ2v) is 7.04. The second kappa shape index (κ2) is 6.55. The first-order chi connectivity index (χ1) is 9.88. The van der Waals surface area contributed by atoms with Gasteiger partial charge in [-0.2, -0.15) is 4.98 Å². The number of rotatable bonds is 6. The van der Waals surface area contributed by atoms with Gasteiger partial charge in [0.15, 0.2) is 15.7 Å². The third kappa shape index (κ3) is 4.26. The average Bonchev–Trinajstić information content (AvgIpc) is 2.80. The van der Waals surface area contributed by atoms with E-state index in [0.29, 0.717) is 41.8 Å². The Morgan fingerprint density at radius 2 is 2.14 bits per heavy atom. The highest BCUT2D eigenvalue weighted by molar-refractivity contribution is 7.90. The van der Waals surface area contributed by atoms with Gasteiger partial charge in [-0.05, 0) is 19.1 Å². The molecule has 0 saturated carbocycles. The van der Waals surface area contributed by atoms with Crippen molar-refractivity contribution in [3.8, 4) is 0 Å². The summed E-state index contributed by atoms with van der Waals surface area (Å²) in [6, 6.07) is 4.86. The van der Waals surface area contributed by atoms with E-state index in [1.807, 2.05) is 0 Å². The topological polar surface area (TPSA) is 85.1 Å². The lowest BCUT2D eigenvalue weighted by Crippen LogP contribution is -2.19. The van der Waals surface area contributed by atoms with E-state index in [-0.39, 0.29) is 4.90 Å². The SMILES string of the molecule is Cc1noc(CCNCc2c(Cl)cccc2S(C)(=O)=O)n1. The van der Waals surface area contributed by atoms with Crippen molar-refractivity contribution in [1.29, 1.82) is 0 Å². The molecule has 114 valence electrons. The minimum absolute atomic E-state index is 0.246. The highest BCUT2D eigenvalue weighted by Gasteiger charge is 2.15. The van der Waals surface area contributed by atoms with E-state index in [2.05, 4.69) is 15.5 Å². The molecule has 0 fully saturated rings. The van der Waals surface area contributed by atoms with Gasteiger partial charge in [0.2, 0.25) is 5.89 Å². The van der Waals surface area contributed by atoms with Crippen LogP contribution in [-0.4, -0.2) is 31.4 Å². The van der Waals surface area contributed by atoms with E-state index >= 15 is 0 Å². The first-order valence-corrected chi connectivity index (χ1v) is 8.62. The molecule has 1 N–H and O–H groups in total. The summed E-state index contributed by atoms with van der Waals surface area (Å²) in [4.78, 5) is 4.34. The molecular formula is C13H16ClN3O3S. The van der Waals surface area contributed by atoms with Gasteiger partial charge in [-0.1, -0.05) is 22.8 Å². The molecule has 0 amide bonds. The van der Waals surface area contributed by atoms with E-state index in [1.165, 1.54) is 6.26 Å². The first-order valence-electron chi connectivity index (χ1n) is 6.35. The van der Waals surface area contributed by atoms with Gasteiger partial charge in [-0.3, -0.25) is 0 Å². The van der Waals surface area contributed by atoms with Crippen molar-refractivity contribution in [3.63, 3.8) is 0 Å². The molecule has 2 rings (SSSR count). The van der Waals surface area contributed by atoms with Gasteiger partial charge in [-0.25, -0.2) is 8.42 Å². The molecule has 8 heteroatoms. The molecular weight excluding hydrogens is 314 g/mol. The second-order valence-electron chi connectivity index (χ2n) is 4.65. The van der Waals surface area contributed by atoms with Gasteiger partial charge in [0.05, 0.1) is 4.90 Å². The fraction of sp³-hybridized carbons (Fsp3) is 0.385. The number of sulfone groups is 1. The van der Waals surface area contributed by atoms with Crippen molar-refractivity contribution in [2.24, 2.45) is 0 Å². The molecule has 0 saturated heterocycles. The molecule has 1 aromatic carbocycles. The van der Waals surface area contributed by atoms with Gasteiger partial charge in [0.1, 0.15) is 0 Å². The Balaban J connectivity index is 2.00. The lowest BCUT2D eigenvalue weighted by Gasteiger charge is -2.10. The molecule has 0 atom stereocenters. The molecule has 0 radical (unpaired) electrons. The van der Waals surface area contributed by atoms with Crippen LogP contribution in [0.25, 0.3) is 0 Å². The molecule has 2 aromatic rings. The predicted molar refractivity (Wildman–Crippen MR) is 79.0 cm³/mol. The first kappa shape index (κ1) is 15.9. The van der Waals surface area contributed by atoms with Crippen molar-refractivity contribution in [1.82, 2.24) is 15.5 Å². The molecule has 21 heavy (non-hydrogen) atoms. The maximum Gasteiger partial charge on any atom is 0.227 e. The third-order valence-corrected chi connectivity index (χ3v) is 4.40. The fourth-order valence-corrected chi connectivity index (χ4v) is 3.16. The van der Waals surface area contributed by atoms with E-state index < -0.39 is 9.84 Å². The molecule has 1 heterocycles. The number of halogens is 1. The van der Waals surface area contributed by atoms with Crippen molar-refractivity contribution < 1.29 is 12.9 Å². The largest absolute Gasteiger partial charge is 0.339 e. The lowest BCUT2D eigenvalue weighted by atomic mass is 10.2. The summed E-state index contributed by atoms with van der Waals surface area (Å²) in [5.41, 5.74) is 0.573. The normalized spacial score (nSPS) is 11.8. The molecule has 0 aliphatic carbocycles. The maximum absolute atomic E-state index is 11.7. The van der Waals surface area contributed by atoms with Crippen LogP contribution >= 0.6 is 11.6 Å². The Hall–Kier alpha value is -1.44. The summed E-state index contributed by atoms with van der Waals surface area (Å²) in [6.07, 6.45) is 1.74. The van der Waals surface area contributed by atoms with E-state index in [0.717, 1.165) is 0 Å². The standard InChI is InChI=1S/C13H16ClN3O3S/c1-9-16-13(20-17-9)6-7-15-8-10-11(14)4-3-5-12(10)21(2,18)19/h3-5,15H,6-8H2,1-2H3. The van der Waals surface area contributed by atoms with Crippen LogP contribution in [0, 0.1) is 6.92 Å².